The van der Waals surface area contributed by atoms with Crippen LogP contribution >= 0.6 is 23.0 Å². The van der Waals surface area contributed by atoms with Gasteiger partial charge in [0.15, 0.2) is 5.90 Å². The van der Waals surface area contributed by atoms with E-state index in [1.807, 2.05) is 0 Å². The first-order valence-corrected chi connectivity index (χ1v) is 14.0. The Hall–Kier alpha value is -0.360. The molecule has 0 bridgehead atoms. The Morgan fingerprint density at radius 3 is 2.44 bits per heavy atom. The summed E-state index contributed by atoms with van der Waals surface area (Å²) in [7, 11) is -15.6. The molecular formula is C11H24N5O13P3. The summed E-state index contributed by atoms with van der Waals surface area (Å²) in [6.07, 6.45) is -7.40. The molecule has 3 aliphatic heterocycles. The standard InChI is InChI=1S/C11H24N5O13P3/c12-11-14-8-5(9(19)15-11)13-2-16(8)10-7(18)6(17)4(28-10)1-27-32(25,26)29-31(23,24)3-30(20,21)22/h4-8,10-11,13-14,17-18H,1-3,12H2,(H,15,19)(H,23,24)(H,25,26)(H2,20,21,22). The molecule has 9 unspecified atom stereocenters. The highest BCUT2D eigenvalue weighted by Gasteiger charge is 2.53. The fraction of sp³-hybridized carbons (Fsp3) is 0.909. The summed E-state index contributed by atoms with van der Waals surface area (Å²) in [6.45, 7) is -0.858. The zero-order valence-electron chi connectivity index (χ0n) is 16.1. The molecule has 18 nitrogen and oxygen atoms in total. The van der Waals surface area contributed by atoms with Crippen LogP contribution in [-0.2, 0) is 32.1 Å². The summed E-state index contributed by atoms with van der Waals surface area (Å²) in [5, 5.41) is 28.8. The van der Waals surface area contributed by atoms with E-state index in [1.165, 1.54) is 4.90 Å². The summed E-state index contributed by atoms with van der Waals surface area (Å²) >= 11 is 0. The van der Waals surface area contributed by atoms with E-state index in [0.717, 1.165) is 0 Å². The second-order valence-corrected chi connectivity index (χ2v) is 12.9. The predicted octanol–water partition coefficient (Wildman–Crippen LogP) is -4.59. The molecule has 21 heteroatoms. The summed E-state index contributed by atoms with van der Waals surface area (Å²) in [4.78, 5) is 49.9. The number of carbonyl (C=O) groups is 1. The summed E-state index contributed by atoms with van der Waals surface area (Å²) in [5.74, 6) is -2.12. The first-order chi connectivity index (χ1) is 14.6. The number of amides is 1. The van der Waals surface area contributed by atoms with Crippen molar-refractivity contribution in [3.63, 3.8) is 0 Å². The summed E-state index contributed by atoms with van der Waals surface area (Å²) < 4.78 is 48.3. The van der Waals surface area contributed by atoms with E-state index in [1.54, 1.807) is 0 Å². The first-order valence-electron chi connectivity index (χ1n) is 8.96. The van der Waals surface area contributed by atoms with Crippen molar-refractivity contribution >= 4 is 28.9 Å². The van der Waals surface area contributed by atoms with Crippen molar-refractivity contribution in [3.8, 4) is 0 Å². The van der Waals surface area contributed by atoms with Gasteiger partial charge in [0.1, 0.15) is 36.9 Å². The van der Waals surface area contributed by atoms with Gasteiger partial charge in [-0.1, -0.05) is 0 Å². The third-order valence-corrected chi connectivity index (χ3v) is 9.98. The third-order valence-electron chi connectivity index (χ3n) is 4.76. The number of carbonyl (C=O) groups excluding carboxylic acids is 1. The maximum absolute atomic E-state index is 12.0. The van der Waals surface area contributed by atoms with E-state index in [-0.39, 0.29) is 6.67 Å². The monoisotopic (exact) mass is 527 g/mol. The average molecular weight is 527 g/mol. The van der Waals surface area contributed by atoms with Crippen molar-refractivity contribution in [1.29, 1.82) is 0 Å². The Morgan fingerprint density at radius 2 is 1.81 bits per heavy atom. The Morgan fingerprint density at radius 1 is 1.16 bits per heavy atom. The highest BCUT2D eigenvalue weighted by atomic mass is 31.3. The number of nitrogens with zero attached hydrogens (tertiary/aromatic N) is 1. The van der Waals surface area contributed by atoms with Crippen molar-refractivity contribution in [2.24, 2.45) is 5.73 Å². The Kier molecular flexibility index (Phi) is 7.67. The van der Waals surface area contributed by atoms with Crippen LogP contribution in [-0.4, -0.2) is 103 Å². The maximum Gasteiger partial charge on any atom is 0.479 e. The van der Waals surface area contributed by atoms with Gasteiger partial charge in [-0.25, -0.2) is 13.8 Å². The average Bonchev–Trinajstić information content (AvgIpc) is 3.12. The Bertz CT molecular complexity index is 872. The molecule has 0 aromatic rings. The lowest BCUT2D eigenvalue weighted by Gasteiger charge is -2.37. The number of aliphatic hydroxyl groups is 2. The molecule has 9 atom stereocenters. The molecule has 186 valence electrons. The van der Waals surface area contributed by atoms with Crippen molar-refractivity contribution in [3.05, 3.63) is 0 Å². The maximum atomic E-state index is 12.0. The molecule has 3 fully saturated rings. The Labute approximate surface area is 180 Å². The number of hydrogen-bond donors (Lipinski definition) is 10. The minimum Gasteiger partial charge on any atom is -0.387 e. The van der Waals surface area contributed by atoms with E-state index >= 15 is 0 Å². The van der Waals surface area contributed by atoms with Gasteiger partial charge < -0.3 is 39.8 Å². The molecule has 32 heavy (non-hydrogen) atoms. The number of aliphatic hydroxyl groups excluding tert-OH is 2. The molecule has 3 aliphatic rings. The molecular weight excluding hydrogens is 503 g/mol. The minimum atomic E-state index is -5.32. The summed E-state index contributed by atoms with van der Waals surface area (Å²) in [5.41, 5.74) is 5.68. The molecule has 11 N–H and O–H groups in total. The molecule has 0 aromatic heterocycles. The van der Waals surface area contributed by atoms with Crippen LogP contribution in [0.1, 0.15) is 0 Å². The molecule has 3 rings (SSSR count). The summed E-state index contributed by atoms with van der Waals surface area (Å²) in [6, 6.07) is -0.739. The van der Waals surface area contributed by atoms with E-state index in [4.69, 9.17) is 20.3 Å². The fourth-order valence-electron chi connectivity index (χ4n) is 3.50. The quantitative estimate of drug-likeness (QED) is 0.133. The number of phosphoric acid groups is 1. The highest BCUT2D eigenvalue weighted by Crippen LogP contribution is 2.65. The molecule has 3 saturated heterocycles. The normalized spacial score (nSPS) is 39.8. The van der Waals surface area contributed by atoms with Crippen LogP contribution in [0.2, 0.25) is 0 Å². The van der Waals surface area contributed by atoms with Crippen molar-refractivity contribution in [1.82, 2.24) is 20.9 Å². The van der Waals surface area contributed by atoms with Gasteiger partial charge in [-0.3, -0.25) is 34.8 Å². The topological polar surface area (TPSA) is 283 Å². The predicted molar refractivity (Wildman–Crippen MR) is 101 cm³/mol. The van der Waals surface area contributed by atoms with E-state index < -0.39 is 84.5 Å². The number of rotatable bonds is 8. The second kappa shape index (κ2) is 9.36. The van der Waals surface area contributed by atoms with Crippen LogP contribution < -0.4 is 21.7 Å². The van der Waals surface area contributed by atoms with Gasteiger partial charge in [-0.15, -0.1) is 0 Å². The van der Waals surface area contributed by atoms with Crippen LogP contribution in [0.25, 0.3) is 0 Å². The van der Waals surface area contributed by atoms with Gasteiger partial charge in [0, 0.05) is 0 Å². The molecule has 0 saturated carbocycles. The van der Waals surface area contributed by atoms with Gasteiger partial charge in [-0.2, -0.15) is 0 Å². The van der Waals surface area contributed by atoms with Gasteiger partial charge in [0.2, 0.25) is 5.91 Å². The largest absolute Gasteiger partial charge is 0.479 e. The minimum absolute atomic E-state index is 0.0438. The zero-order chi connectivity index (χ0) is 24.1. The smallest absolute Gasteiger partial charge is 0.387 e. The Balaban J connectivity index is 1.61. The van der Waals surface area contributed by atoms with Crippen LogP contribution in [0.15, 0.2) is 0 Å². The van der Waals surface area contributed by atoms with Crippen molar-refractivity contribution in [2.45, 2.75) is 43.0 Å². The van der Waals surface area contributed by atoms with Crippen molar-refractivity contribution < 1.29 is 61.8 Å². The lowest BCUT2D eigenvalue weighted by atomic mass is 10.1. The van der Waals surface area contributed by atoms with Gasteiger partial charge in [-0.05, 0) is 0 Å². The van der Waals surface area contributed by atoms with Crippen LogP contribution in [0.4, 0.5) is 0 Å². The molecule has 0 aromatic carbocycles. The molecule has 0 spiro atoms. The molecule has 1 amide bonds. The number of nitrogens with two attached hydrogens (primary N) is 1. The number of ether oxygens (including phenoxy) is 1. The second-order valence-electron chi connectivity index (χ2n) is 7.29. The van der Waals surface area contributed by atoms with E-state index in [0.29, 0.717) is 0 Å². The lowest BCUT2D eigenvalue weighted by molar-refractivity contribution is -0.133. The number of fused-ring (bicyclic) bond motifs is 1. The van der Waals surface area contributed by atoms with Gasteiger partial charge in [0.05, 0.1) is 19.4 Å². The number of phosphoric ester groups is 1. The number of hydrogen-bond acceptors (Lipinski definition) is 13. The van der Waals surface area contributed by atoms with Crippen LogP contribution in [0, 0.1) is 0 Å². The van der Waals surface area contributed by atoms with E-state index in [9.17, 15) is 38.5 Å². The van der Waals surface area contributed by atoms with Crippen molar-refractivity contribution in [2.75, 3.05) is 19.2 Å². The number of nitrogens with one attached hydrogen (secondary N) is 3. The fourth-order valence-corrected chi connectivity index (χ4v) is 7.85. The third kappa shape index (κ3) is 6.20. The zero-order valence-corrected chi connectivity index (χ0v) is 18.8. The lowest BCUT2D eigenvalue weighted by Crippen LogP contribution is -2.71. The van der Waals surface area contributed by atoms with Gasteiger partial charge >= 0.3 is 23.0 Å². The van der Waals surface area contributed by atoms with Crippen LogP contribution in [0.3, 0.4) is 0 Å². The molecule has 3 heterocycles. The van der Waals surface area contributed by atoms with Gasteiger partial charge in [0.25, 0.3) is 0 Å². The molecule has 0 aliphatic carbocycles. The molecule has 0 radical (unpaired) electrons. The SMILES string of the molecule is NC1NC(=O)C2NCN(C3OC(COP(=O)(O)OP(=O)(O)CP(=O)(O)O)C(O)C3O)C2N1. The van der Waals surface area contributed by atoms with Crippen LogP contribution in [0.5, 0.6) is 0 Å². The van der Waals surface area contributed by atoms with E-state index in [2.05, 4.69) is 24.8 Å². The first kappa shape index (κ1) is 26.2. The highest BCUT2D eigenvalue weighted by molar-refractivity contribution is 7.73.